The smallest absolute Gasteiger partial charge is 0.218 e. The van der Waals surface area contributed by atoms with Crippen LogP contribution in [-0.4, -0.2) is 11.8 Å². The normalized spacial score (nSPS) is 18.7. The third-order valence-electron chi connectivity index (χ3n) is 13.1. The summed E-state index contributed by atoms with van der Waals surface area (Å²) in [6.45, 7) is 20.4. The molecule has 1 aliphatic carbocycles. The molecule has 2 unspecified atom stereocenters. The quantitative estimate of drug-likeness (QED) is 0.164. The second kappa shape index (κ2) is 13.7. The van der Waals surface area contributed by atoms with Crippen LogP contribution in [-0.2, 0) is 12.8 Å². The molecule has 1 saturated carbocycles. The molecule has 2 atom stereocenters. The number of benzene rings is 4. The van der Waals surface area contributed by atoms with Gasteiger partial charge in [0.2, 0.25) is 5.69 Å². The van der Waals surface area contributed by atoms with Gasteiger partial charge in [0.1, 0.15) is 11.2 Å². The number of nitrogens with zero attached hydrogens (tertiary/aromatic N) is 2. The van der Waals surface area contributed by atoms with Crippen molar-refractivity contribution in [3.63, 3.8) is 0 Å². The summed E-state index contributed by atoms with van der Waals surface area (Å²) in [7, 11) is 0. The molecule has 272 valence electrons. The first-order chi connectivity index (χ1) is 26.2. The van der Waals surface area contributed by atoms with Crippen LogP contribution in [0.3, 0.4) is 0 Å². The molecule has 4 heterocycles. The van der Waals surface area contributed by atoms with E-state index in [0.29, 0.717) is 5.92 Å². The lowest BCUT2D eigenvalue weighted by molar-refractivity contribution is -0.572. The fourth-order valence-electron chi connectivity index (χ4n) is 10.1. The zero-order valence-electron chi connectivity index (χ0n) is 32.8. The van der Waals surface area contributed by atoms with E-state index in [4.69, 9.17) is 16.0 Å². The predicted molar refractivity (Wildman–Crippen MR) is 227 cm³/mol. The third-order valence-corrected chi connectivity index (χ3v) is 13.1. The monoisotopic (exact) mass is 709 g/mol. The van der Waals surface area contributed by atoms with Gasteiger partial charge < -0.3 is 4.42 Å². The van der Waals surface area contributed by atoms with E-state index in [1.807, 2.05) is 6.08 Å². The Morgan fingerprint density at radius 1 is 0.870 bits per heavy atom. The van der Waals surface area contributed by atoms with E-state index in [1.54, 1.807) is 0 Å². The van der Waals surface area contributed by atoms with Crippen LogP contribution < -0.4 is 4.57 Å². The minimum absolute atomic E-state index is 0.0878. The molecule has 3 aliphatic rings. The molecular formula is C51H53N2O+. The van der Waals surface area contributed by atoms with Gasteiger partial charge >= 0.3 is 0 Å². The van der Waals surface area contributed by atoms with E-state index < -0.39 is 0 Å². The number of hydrogen-bond acceptors (Lipinski definition) is 2. The van der Waals surface area contributed by atoms with Gasteiger partial charge in [0.15, 0.2) is 11.9 Å². The van der Waals surface area contributed by atoms with Crippen molar-refractivity contribution in [1.82, 2.24) is 0 Å². The van der Waals surface area contributed by atoms with Crippen molar-refractivity contribution in [2.75, 3.05) is 0 Å². The lowest BCUT2D eigenvalue weighted by Gasteiger charge is -2.32. The highest BCUT2D eigenvalue weighted by molar-refractivity contribution is 6.10. The molecule has 2 aliphatic heterocycles. The second-order valence-electron chi connectivity index (χ2n) is 16.8. The van der Waals surface area contributed by atoms with Crippen molar-refractivity contribution in [3.8, 4) is 22.4 Å². The third kappa shape index (κ3) is 5.88. The topological polar surface area (TPSA) is 29.4 Å². The van der Waals surface area contributed by atoms with E-state index in [0.717, 1.165) is 54.2 Å². The molecule has 54 heavy (non-hydrogen) atoms. The summed E-state index contributed by atoms with van der Waals surface area (Å²) in [5.41, 5.74) is 19.8. The van der Waals surface area contributed by atoms with Gasteiger partial charge in [-0.25, -0.2) is 0 Å². The molecule has 0 N–H and O–H groups in total. The van der Waals surface area contributed by atoms with Crippen LogP contribution >= 0.6 is 0 Å². The Labute approximate surface area is 321 Å². The lowest BCUT2D eigenvalue weighted by atomic mass is 9.78. The van der Waals surface area contributed by atoms with Crippen molar-refractivity contribution >= 4 is 33.3 Å². The van der Waals surface area contributed by atoms with Gasteiger partial charge in [0.25, 0.3) is 0 Å². The van der Waals surface area contributed by atoms with Crippen LogP contribution in [0, 0.1) is 26.7 Å². The number of hydrogen-bond donors (Lipinski definition) is 0. The van der Waals surface area contributed by atoms with Crippen molar-refractivity contribution in [3.05, 3.63) is 143 Å². The number of furan rings is 1. The Hall–Kier alpha value is -5.02. The Morgan fingerprint density at radius 3 is 2.44 bits per heavy atom. The Morgan fingerprint density at radius 2 is 1.65 bits per heavy atom. The second-order valence-corrected chi connectivity index (χ2v) is 16.8. The molecule has 3 nitrogen and oxygen atoms in total. The molecular weight excluding hydrogens is 657 g/mol. The minimum Gasteiger partial charge on any atom is -0.456 e. The highest BCUT2D eigenvalue weighted by Crippen LogP contribution is 2.43. The molecule has 0 spiro atoms. The van der Waals surface area contributed by atoms with Gasteiger partial charge in [-0.1, -0.05) is 88.6 Å². The lowest BCUT2D eigenvalue weighted by Crippen LogP contribution is -2.39. The van der Waals surface area contributed by atoms with E-state index in [9.17, 15) is 0 Å². The summed E-state index contributed by atoms with van der Waals surface area (Å²) in [5.74, 6) is 1.45. The summed E-state index contributed by atoms with van der Waals surface area (Å²) < 4.78 is 9.26. The van der Waals surface area contributed by atoms with Crippen LogP contribution in [0.2, 0.25) is 0 Å². The van der Waals surface area contributed by atoms with Gasteiger partial charge in [-0.3, -0.25) is 4.99 Å². The fraction of sp³-hybridized carbons (Fsp3) is 0.333. The molecule has 3 heteroatoms. The molecule has 4 aromatic carbocycles. The minimum atomic E-state index is 0.0878. The SMILES string of the molecule is C=CC1=NC2CC(=C)[n+]3cc(C(C)C)c(CC4CCCC4)cc3-c3cc4c(cc3CCC2c2ccccc21)oc1cc(-c2c(C)ccc(C)c2C)ccc14. The Balaban J connectivity index is 1.26. The van der Waals surface area contributed by atoms with E-state index in [1.165, 1.54) is 103 Å². The van der Waals surface area contributed by atoms with E-state index >= 15 is 0 Å². The number of fused-ring (bicyclic) bond motifs is 9. The number of allylic oxidation sites excluding steroid dienone is 1. The summed E-state index contributed by atoms with van der Waals surface area (Å²) in [4.78, 5) is 5.40. The van der Waals surface area contributed by atoms with E-state index in [-0.39, 0.29) is 12.0 Å². The maximum atomic E-state index is 6.82. The Bertz CT molecular complexity index is 2520. The standard InChI is InChI=1S/C51H53N2O/c1-8-46-40-16-12-11-15-39(40)41-21-19-36-26-50-44(42-22-20-37(27-49(42)54-50)51-32(5)18-17-31(4)34(51)7)28-43(36)48-25-38(24-35-13-9-10-14-35)45(30(2)3)29-53(48)33(6)23-47(41)52-46/h8,11-12,15-18,20,22,25-30,35,41,47H,1,6,9-10,13-14,19,21,23-24H2,2-5,7H3/q+1. The number of pyridine rings is 1. The van der Waals surface area contributed by atoms with Crippen molar-refractivity contribution in [1.29, 1.82) is 0 Å². The maximum Gasteiger partial charge on any atom is 0.218 e. The summed E-state index contributed by atoms with van der Waals surface area (Å²) in [6.07, 6.45) is 13.6. The zero-order valence-corrected chi connectivity index (χ0v) is 32.8. The molecule has 9 rings (SSSR count). The largest absolute Gasteiger partial charge is 0.456 e. The first-order valence-electron chi connectivity index (χ1n) is 20.3. The van der Waals surface area contributed by atoms with Gasteiger partial charge in [-0.15, -0.1) is 0 Å². The van der Waals surface area contributed by atoms with Gasteiger partial charge in [-0.05, 0) is 133 Å². The molecule has 6 aromatic rings. The summed E-state index contributed by atoms with van der Waals surface area (Å²) in [6, 6.07) is 27.5. The van der Waals surface area contributed by atoms with Crippen molar-refractivity contribution in [2.24, 2.45) is 10.9 Å². The first-order valence-corrected chi connectivity index (χ1v) is 20.3. The highest BCUT2D eigenvalue weighted by Gasteiger charge is 2.36. The molecule has 0 bridgehead atoms. The number of aliphatic imine (C=N–C) groups is 1. The average molecular weight is 710 g/mol. The summed E-state index contributed by atoms with van der Waals surface area (Å²) in [5, 5.41) is 2.34. The van der Waals surface area contributed by atoms with Gasteiger partial charge in [0, 0.05) is 33.9 Å². The number of aromatic nitrogens is 1. The van der Waals surface area contributed by atoms with Crippen molar-refractivity contribution < 1.29 is 8.98 Å². The highest BCUT2D eigenvalue weighted by atomic mass is 16.3. The first kappa shape index (κ1) is 34.7. The molecule has 2 aromatic heterocycles. The predicted octanol–water partition coefficient (Wildman–Crippen LogP) is 12.9. The van der Waals surface area contributed by atoms with Gasteiger partial charge in [0.05, 0.1) is 23.7 Å². The van der Waals surface area contributed by atoms with Crippen LogP contribution in [0.25, 0.3) is 50.0 Å². The van der Waals surface area contributed by atoms with Crippen LogP contribution in [0.1, 0.15) is 109 Å². The maximum absolute atomic E-state index is 6.82. The molecule has 0 saturated heterocycles. The van der Waals surface area contributed by atoms with Crippen LogP contribution in [0.4, 0.5) is 0 Å². The summed E-state index contributed by atoms with van der Waals surface area (Å²) >= 11 is 0. The van der Waals surface area contributed by atoms with Crippen LogP contribution in [0.15, 0.2) is 108 Å². The fourth-order valence-corrected chi connectivity index (χ4v) is 10.1. The molecule has 0 amide bonds. The van der Waals surface area contributed by atoms with Crippen LogP contribution in [0.5, 0.6) is 0 Å². The average Bonchev–Trinajstić information content (AvgIpc) is 3.81. The number of aryl methyl sites for hydroxylation is 3. The molecule has 0 radical (unpaired) electrons. The number of rotatable bonds is 5. The zero-order chi connectivity index (χ0) is 37.2. The van der Waals surface area contributed by atoms with Crippen molar-refractivity contribution in [2.45, 2.75) is 104 Å². The Kier molecular flexibility index (Phi) is 8.80. The van der Waals surface area contributed by atoms with Gasteiger partial charge in [-0.2, -0.15) is 4.57 Å². The van der Waals surface area contributed by atoms with E-state index in [2.05, 4.69) is 125 Å². The molecule has 1 fully saturated rings.